The van der Waals surface area contributed by atoms with E-state index in [1.54, 1.807) is 0 Å². The number of rotatable bonds is 4. The Kier molecular flexibility index (Phi) is 3.34. The number of hydrogen-bond donors (Lipinski definition) is 2. The summed E-state index contributed by atoms with van der Waals surface area (Å²) in [5, 5.41) is 8.89. The number of carbonyl (C=O) groups is 2. The molecule has 0 aliphatic carbocycles. The molecule has 6 heteroatoms. The Morgan fingerprint density at radius 1 is 1.12 bits per heavy atom. The molecule has 0 radical (unpaired) electrons. The van der Waals surface area contributed by atoms with Crippen LogP contribution in [0, 0.1) is 0 Å². The standard InChI is InChI=1S/C10H11NO5/c1-15-7-4-6(10(13)14)8(16-2)3-5(7)9(11)12/h3-4H,1-2H3,(H2,11,12)(H,13,14). The molecule has 0 atom stereocenters. The average Bonchev–Trinajstić information content (AvgIpc) is 2.26. The quantitative estimate of drug-likeness (QED) is 0.777. The number of methoxy groups -OCH3 is 2. The van der Waals surface area contributed by atoms with E-state index in [2.05, 4.69) is 0 Å². The second-order valence-corrected chi connectivity index (χ2v) is 2.92. The van der Waals surface area contributed by atoms with Crippen LogP contribution in [0.3, 0.4) is 0 Å². The van der Waals surface area contributed by atoms with E-state index in [4.69, 9.17) is 20.3 Å². The van der Waals surface area contributed by atoms with Crippen LogP contribution in [0.1, 0.15) is 20.7 Å². The second kappa shape index (κ2) is 4.52. The van der Waals surface area contributed by atoms with Crippen molar-refractivity contribution in [1.29, 1.82) is 0 Å². The fraction of sp³-hybridized carbons (Fsp3) is 0.200. The van der Waals surface area contributed by atoms with Gasteiger partial charge in [0.2, 0.25) is 0 Å². The maximum absolute atomic E-state index is 11.1. The van der Waals surface area contributed by atoms with Gasteiger partial charge in [-0.2, -0.15) is 0 Å². The predicted molar refractivity (Wildman–Crippen MR) is 55.0 cm³/mol. The van der Waals surface area contributed by atoms with E-state index in [1.807, 2.05) is 0 Å². The number of benzene rings is 1. The minimum atomic E-state index is -1.17. The number of hydrogen-bond acceptors (Lipinski definition) is 4. The van der Waals surface area contributed by atoms with Gasteiger partial charge in [0.1, 0.15) is 17.1 Å². The molecule has 0 heterocycles. The number of nitrogens with two attached hydrogens (primary N) is 1. The van der Waals surface area contributed by atoms with Crippen molar-refractivity contribution in [3.63, 3.8) is 0 Å². The van der Waals surface area contributed by atoms with E-state index in [1.165, 1.54) is 26.4 Å². The summed E-state index contributed by atoms with van der Waals surface area (Å²) >= 11 is 0. The molecule has 3 N–H and O–H groups in total. The first-order valence-electron chi connectivity index (χ1n) is 4.30. The first-order valence-corrected chi connectivity index (χ1v) is 4.30. The summed E-state index contributed by atoms with van der Waals surface area (Å²) in [5.74, 6) is -1.73. The lowest BCUT2D eigenvalue weighted by atomic mass is 10.1. The number of carbonyl (C=O) groups excluding carboxylic acids is 1. The van der Waals surface area contributed by atoms with E-state index < -0.39 is 11.9 Å². The second-order valence-electron chi connectivity index (χ2n) is 2.92. The van der Waals surface area contributed by atoms with Crippen molar-refractivity contribution >= 4 is 11.9 Å². The molecule has 86 valence electrons. The summed E-state index contributed by atoms with van der Waals surface area (Å²) in [6.45, 7) is 0. The van der Waals surface area contributed by atoms with Crippen molar-refractivity contribution in [2.45, 2.75) is 0 Å². The number of carboxylic acids is 1. The third kappa shape index (κ3) is 2.05. The van der Waals surface area contributed by atoms with E-state index in [-0.39, 0.29) is 22.6 Å². The van der Waals surface area contributed by atoms with Gasteiger partial charge in [-0.05, 0) is 12.1 Å². The van der Waals surface area contributed by atoms with E-state index >= 15 is 0 Å². The van der Waals surface area contributed by atoms with Crippen LogP contribution in [0.15, 0.2) is 12.1 Å². The van der Waals surface area contributed by atoms with Crippen LogP contribution in [0.25, 0.3) is 0 Å². The highest BCUT2D eigenvalue weighted by atomic mass is 16.5. The molecular weight excluding hydrogens is 214 g/mol. The lowest BCUT2D eigenvalue weighted by molar-refractivity contribution is 0.0692. The molecule has 0 bridgehead atoms. The fourth-order valence-corrected chi connectivity index (χ4v) is 1.26. The van der Waals surface area contributed by atoms with Crippen LogP contribution >= 0.6 is 0 Å². The van der Waals surface area contributed by atoms with Crippen molar-refractivity contribution in [2.24, 2.45) is 5.73 Å². The number of carboxylic acid groups (broad SMARTS) is 1. The Bertz CT molecular complexity index is 399. The van der Waals surface area contributed by atoms with Gasteiger partial charge in [0, 0.05) is 0 Å². The molecule has 1 aromatic carbocycles. The van der Waals surface area contributed by atoms with Crippen molar-refractivity contribution < 1.29 is 24.2 Å². The van der Waals surface area contributed by atoms with Crippen LogP contribution in [0.5, 0.6) is 11.5 Å². The third-order valence-electron chi connectivity index (χ3n) is 2.02. The number of primary amides is 1. The van der Waals surface area contributed by atoms with Crippen LogP contribution in [0.2, 0.25) is 0 Å². The zero-order valence-electron chi connectivity index (χ0n) is 8.81. The monoisotopic (exact) mass is 225 g/mol. The topological polar surface area (TPSA) is 98.8 Å². The Labute approximate surface area is 91.6 Å². The molecule has 1 amide bonds. The van der Waals surface area contributed by atoms with Crippen molar-refractivity contribution in [3.8, 4) is 11.5 Å². The summed E-state index contributed by atoms with van der Waals surface area (Å²) < 4.78 is 9.73. The van der Waals surface area contributed by atoms with E-state index in [0.29, 0.717) is 0 Å². The third-order valence-corrected chi connectivity index (χ3v) is 2.02. The molecule has 6 nitrogen and oxygen atoms in total. The molecule has 0 unspecified atom stereocenters. The lowest BCUT2D eigenvalue weighted by Crippen LogP contribution is -2.14. The lowest BCUT2D eigenvalue weighted by Gasteiger charge is -2.10. The molecule has 1 rings (SSSR count). The van der Waals surface area contributed by atoms with Gasteiger partial charge in [-0.3, -0.25) is 4.79 Å². The first kappa shape index (κ1) is 11.8. The highest BCUT2D eigenvalue weighted by molar-refractivity contribution is 5.99. The molecule has 0 saturated carbocycles. The first-order chi connectivity index (χ1) is 7.51. The van der Waals surface area contributed by atoms with Crippen LogP contribution in [-0.4, -0.2) is 31.2 Å². The predicted octanol–water partition coefficient (Wildman–Crippen LogP) is 0.501. The summed E-state index contributed by atoms with van der Waals surface area (Å²) in [4.78, 5) is 21.9. The molecule has 16 heavy (non-hydrogen) atoms. The molecule has 0 aromatic heterocycles. The zero-order valence-corrected chi connectivity index (χ0v) is 8.81. The van der Waals surface area contributed by atoms with Crippen molar-refractivity contribution in [1.82, 2.24) is 0 Å². The molecule has 0 aliphatic rings. The van der Waals surface area contributed by atoms with Gasteiger partial charge in [0.05, 0.1) is 19.8 Å². The number of amides is 1. The normalized spacial score (nSPS) is 9.62. The van der Waals surface area contributed by atoms with Gasteiger partial charge in [-0.15, -0.1) is 0 Å². The fourth-order valence-electron chi connectivity index (χ4n) is 1.26. The highest BCUT2D eigenvalue weighted by Crippen LogP contribution is 2.28. The Morgan fingerprint density at radius 3 is 1.94 bits per heavy atom. The van der Waals surface area contributed by atoms with Crippen molar-refractivity contribution in [3.05, 3.63) is 23.3 Å². The molecule has 0 spiro atoms. The summed E-state index contributed by atoms with van der Waals surface area (Å²) in [7, 11) is 2.62. The van der Waals surface area contributed by atoms with Gasteiger partial charge >= 0.3 is 5.97 Å². The average molecular weight is 225 g/mol. The van der Waals surface area contributed by atoms with Crippen molar-refractivity contribution in [2.75, 3.05) is 14.2 Å². The molecule has 0 aliphatic heterocycles. The van der Waals surface area contributed by atoms with Crippen LogP contribution in [-0.2, 0) is 0 Å². The van der Waals surface area contributed by atoms with Gasteiger partial charge in [-0.25, -0.2) is 4.79 Å². The number of aromatic carboxylic acids is 1. The molecule has 0 saturated heterocycles. The van der Waals surface area contributed by atoms with E-state index in [0.717, 1.165) is 0 Å². The van der Waals surface area contributed by atoms with Gasteiger partial charge in [-0.1, -0.05) is 0 Å². The zero-order chi connectivity index (χ0) is 12.3. The van der Waals surface area contributed by atoms with Crippen LogP contribution < -0.4 is 15.2 Å². The van der Waals surface area contributed by atoms with Gasteiger partial charge in [0.15, 0.2) is 0 Å². The minimum absolute atomic E-state index is 0.0575. The van der Waals surface area contributed by atoms with E-state index in [9.17, 15) is 9.59 Å². The SMILES string of the molecule is COc1cc(C(=O)O)c(OC)cc1C(N)=O. The highest BCUT2D eigenvalue weighted by Gasteiger charge is 2.18. The van der Waals surface area contributed by atoms with Gasteiger partial charge in [0.25, 0.3) is 5.91 Å². The largest absolute Gasteiger partial charge is 0.496 e. The minimum Gasteiger partial charge on any atom is -0.496 e. The maximum Gasteiger partial charge on any atom is 0.339 e. The Balaban J connectivity index is 3.46. The van der Waals surface area contributed by atoms with Gasteiger partial charge < -0.3 is 20.3 Å². The number of ether oxygens (including phenoxy) is 2. The molecule has 1 aromatic rings. The summed E-state index contributed by atoms with van der Waals surface area (Å²) in [6.07, 6.45) is 0. The van der Waals surface area contributed by atoms with Crippen LogP contribution in [0.4, 0.5) is 0 Å². The summed E-state index contributed by atoms with van der Waals surface area (Å²) in [5.41, 5.74) is 5.10. The summed E-state index contributed by atoms with van der Waals surface area (Å²) in [6, 6.07) is 2.44. The molecular formula is C10H11NO5. The Hall–Kier alpha value is -2.24. The maximum atomic E-state index is 11.1. The Morgan fingerprint density at radius 2 is 1.56 bits per heavy atom. The smallest absolute Gasteiger partial charge is 0.339 e. The molecule has 0 fully saturated rings.